The van der Waals surface area contributed by atoms with Crippen molar-refractivity contribution in [2.75, 3.05) is 24.6 Å². The molecule has 4 rings (SSSR count). The third-order valence-electron chi connectivity index (χ3n) is 8.31. The number of carbonyl (C=O) groups is 1. The van der Waals surface area contributed by atoms with Gasteiger partial charge in [0.25, 0.3) is 0 Å². The maximum absolute atomic E-state index is 12.9. The molecule has 0 aromatic heterocycles. The summed E-state index contributed by atoms with van der Waals surface area (Å²) < 4.78 is 12.0. The number of hydrogen-bond donors (Lipinski definition) is 1. The van der Waals surface area contributed by atoms with Gasteiger partial charge in [-0.05, 0) is 97.2 Å². The number of carbonyl (C=O) groups excluding carboxylic acids is 1. The molecule has 6 heteroatoms. The standard InChI is InChI=1S/C32H42ClNO4/c1-5-8-30(35)32(4)15-14-26(32)19-34-16-7-6-9-23-17-27(33)12-10-25(23)21-37-29-13-11-24(18-28(29)34)31(36)38-20-22(2)3/h5,10-13,17-18,22,26,30,35H,1,6-9,14-16,19-21H2,2-4H3/t26-,30-,32-/m0/s1. The molecule has 0 amide bonds. The summed E-state index contributed by atoms with van der Waals surface area (Å²) in [6.45, 7) is 12.5. The number of anilines is 1. The molecule has 0 radical (unpaired) electrons. The summed E-state index contributed by atoms with van der Waals surface area (Å²) in [6, 6.07) is 11.6. The largest absolute Gasteiger partial charge is 0.487 e. The highest BCUT2D eigenvalue weighted by molar-refractivity contribution is 6.30. The van der Waals surface area contributed by atoms with E-state index in [0.717, 1.165) is 67.2 Å². The minimum atomic E-state index is -0.407. The van der Waals surface area contributed by atoms with Crippen LogP contribution in [0.25, 0.3) is 0 Å². The molecule has 2 aromatic carbocycles. The molecule has 1 fully saturated rings. The van der Waals surface area contributed by atoms with Crippen LogP contribution in [0.5, 0.6) is 5.75 Å². The van der Waals surface area contributed by atoms with Crippen molar-refractivity contribution in [2.24, 2.45) is 17.3 Å². The van der Waals surface area contributed by atoms with Gasteiger partial charge in [0.2, 0.25) is 0 Å². The van der Waals surface area contributed by atoms with E-state index in [4.69, 9.17) is 21.1 Å². The molecule has 1 saturated carbocycles. The van der Waals surface area contributed by atoms with Crippen molar-refractivity contribution in [1.82, 2.24) is 0 Å². The first-order valence-electron chi connectivity index (χ1n) is 14.0. The number of fused-ring (bicyclic) bond motifs is 2. The number of esters is 1. The molecular weight excluding hydrogens is 498 g/mol. The van der Waals surface area contributed by atoms with Gasteiger partial charge < -0.3 is 19.5 Å². The summed E-state index contributed by atoms with van der Waals surface area (Å²) in [6.07, 6.45) is 7.02. The minimum Gasteiger partial charge on any atom is -0.487 e. The van der Waals surface area contributed by atoms with Crippen molar-refractivity contribution in [3.05, 3.63) is 70.8 Å². The van der Waals surface area contributed by atoms with Gasteiger partial charge in [-0.2, -0.15) is 0 Å². The van der Waals surface area contributed by atoms with Crippen molar-refractivity contribution < 1.29 is 19.4 Å². The number of rotatable bonds is 8. The normalized spacial score (nSPS) is 22.3. The van der Waals surface area contributed by atoms with Crippen LogP contribution in [0.2, 0.25) is 5.02 Å². The fourth-order valence-electron chi connectivity index (χ4n) is 5.63. The van der Waals surface area contributed by atoms with E-state index in [2.05, 4.69) is 18.4 Å². The van der Waals surface area contributed by atoms with E-state index in [9.17, 15) is 9.90 Å². The van der Waals surface area contributed by atoms with Crippen LogP contribution in [-0.2, 0) is 17.8 Å². The summed E-state index contributed by atoms with van der Waals surface area (Å²) in [5.74, 6) is 1.04. The highest BCUT2D eigenvalue weighted by Gasteiger charge is 2.48. The molecule has 2 aliphatic rings. The molecule has 38 heavy (non-hydrogen) atoms. The highest BCUT2D eigenvalue weighted by Crippen LogP contribution is 2.51. The number of halogens is 1. The summed E-state index contributed by atoms with van der Waals surface area (Å²) in [5.41, 5.74) is 3.65. The third kappa shape index (κ3) is 6.55. The van der Waals surface area contributed by atoms with Gasteiger partial charge in [-0.3, -0.25) is 0 Å². The Morgan fingerprint density at radius 1 is 1.26 bits per heavy atom. The first-order valence-corrected chi connectivity index (χ1v) is 14.3. The highest BCUT2D eigenvalue weighted by atomic mass is 35.5. The first kappa shape index (κ1) is 28.5. The van der Waals surface area contributed by atoms with Gasteiger partial charge in [0, 0.05) is 18.1 Å². The Kier molecular flexibility index (Phi) is 9.43. The van der Waals surface area contributed by atoms with E-state index >= 15 is 0 Å². The van der Waals surface area contributed by atoms with Crippen LogP contribution in [0, 0.1) is 17.3 Å². The average Bonchev–Trinajstić information content (AvgIpc) is 2.92. The quantitative estimate of drug-likeness (QED) is 0.283. The van der Waals surface area contributed by atoms with Crippen LogP contribution in [0.1, 0.15) is 74.4 Å². The van der Waals surface area contributed by atoms with E-state index in [1.807, 2.05) is 44.2 Å². The fourth-order valence-corrected chi connectivity index (χ4v) is 5.82. The molecule has 1 heterocycles. The smallest absolute Gasteiger partial charge is 0.338 e. The molecule has 1 aliphatic carbocycles. The average molecular weight is 540 g/mol. The van der Waals surface area contributed by atoms with Crippen molar-refractivity contribution in [1.29, 1.82) is 0 Å². The van der Waals surface area contributed by atoms with E-state index in [1.165, 1.54) is 5.56 Å². The molecule has 2 aromatic rings. The van der Waals surface area contributed by atoms with Gasteiger partial charge in [-0.1, -0.05) is 44.5 Å². The maximum atomic E-state index is 12.9. The second-order valence-corrected chi connectivity index (χ2v) is 12.0. The molecule has 3 atom stereocenters. The zero-order valence-electron chi connectivity index (χ0n) is 23.0. The van der Waals surface area contributed by atoms with Gasteiger partial charge in [0.15, 0.2) is 0 Å². The van der Waals surface area contributed by atoms with Crippen molar-refractivity contribution in [2.45, 2.75) is 72.0 Å². The van der Waals surface area contributed by atoms with Gasteiger partial charge >= 0.3 is 5.97 Å². The predicted octanol–water partition coefficient (Wildman–Crippen LogP) is 7.23. The SMILES string of the molecule is C=CC[C@H](O)[C@@]1(C)CC[C@H]1CN1CCCCc2cc(Cl)ccc2COc2ccc(C(=O)OCC(C)C)cc21. The topological polar surface area (TPSA) is 59.0 Å². The number of hydrogen-bond acceptors (Lipinski definition) is 5. The third-order valence-corrected chi connectivity index (χ3v) is 8.55. The van der Waals surface area contributed by atoms with Gasteiger partial charge in [0.1, 0.15) is 12.4 Å². The Bertz CT molecular complexity index is 1130. The Morgan fingerprint density at radius 2 is 2.08 bits per heavy atom. The Balaban J connectivity index is 1.66. The van der Waals surface area contributed by atoms with Crippen molar-refractivity contribution >= 4 is 23.3 Å². The molecule has 1 aliphatic heterocycles. The van der Waals surface area contributed by atoms with E-state index in [1.54, 1.807) is 12.1 Å². The summed E-state index contributed by atoms with van der Waals surface area (Å²) in [4.78, 5) is 15.2. The number of aliphatic hydroxyl groups excluding tert-OH is 1. The van der Waals surface area contributed by atoms with Crippen LogP contribution in [0.15, 0.2) is 49.1 Å². The van der Waals surface area contributed by atoms with Crippen LogP contribution < -0.4 is 9.64 Å². The molecule has 206 valence electrons. The second kappa shape index (κ2) is 12.6. The van der Waals surface area contributed by atoms with Gasteiger partial charge in [-0.25, -0.2) is 4.79 Å². The number of ether oxygens (including phenoxy) is 2. The van der Waals surface area contributed by atoms with Gasteiger partial charge in [0.05, 0.1) is 24.0 Å². The monoisotopic (exact) mass is 539 g/mol. The van der Waals surface area contributed by atoms with Gasteiger partial charge in [-0.15, -0.1) is 6.58 Å². The van der Waals surface area contributed by atoms with E-state index < -0.39 is 6.10 Å². The fraction of sp³-hybridized carbons (Fsp3) is 0.531. The Morgan fingerprint density at radius 3 is 2.79 bits per heavy atom. The lowest BCUT2D eigenvalue weighted by Crippen LogP contribution is -2.51. The Hall–Kier alpha value is -2.50. The molecule has 1 N–H and O–H groups in total. The van der Waals surface area contributed by atoms with Crippen molar-refractivity contribution in [3.8, 4) is 5.75 Å². The van der Waals surface area contributed by atoms with E-state index in [-0.39, 0.29) is 17.3 Å². The number of aliphatic hydroxyl groups is 1. The zero-order valence-corrected chi connectivity index (χ0v) is 23.8. The maximum Gasteiger partial charge on any atom is 0.338 e. The van der Waals surface area contributed by atoms with Crippen LogP contribution in [0.3, 0.4) is 0 Å². The molecular formula is C32H42ClNO4. The van der Waals surface area contributed by atoms with Crippen molar-refractivity contribution in [3.63, 3.8) is 0 Å². The number of benzene rings is 2. The number of aryl methyl sites for hydroxylation is 1. The van der Waals surface area contributed by atoms with E-state index in [0.29, 0.717) is 31.1 Å². The summed E-state index contributed by atoms with van der Waals surface area (Å²) in [7, 11) is 0. The first-order chi connectivity index (χ1) is 18.2. The second-order valence-electron chi connectivity index (χ2n) is 11.6. The van der Waals surface area contributed by atoms with Crippen LogP contribution in [0.4, 0.5) is 5.69 Å². The number of nitrogens with zero attached hydrogens (tertiary/aromatic N) is 1. The summed E-state index contributed by atoms with van der Waals surface area (Å²) in [5, 5.41) is 11.6. The lowest BCUT2D eigenvalue weighted by Gasteiger charge is -2.52. The molecule has 0 unspecified atom stereocenters. The van der Waals surface area contributed by atoms with Crippen LogP contribution >= 0.6 is 11.6 Å². The predicted molar refractivity (Wildman–Crippen MR) is 154 cm³/mol. The molecule has 0 saturated heterocycles. The van der Waals surface area contributed by atoms with Crippen LogP contribution in [-0.4, -0.2) is 36.9 Å². The Labute approximate surface area is 232 Å². The molecule has 5 nitrogen and oxygen atoms in total. The minimum absolute atomic E-state index is 0.151. The molecule has 0 spiro atoms. The lowest BCUT2D eigenvalue weighted by atomic mass is 9.57. The lowest BCUT2D eigenvalue weighted by molar-refractivity contribution is -0.0693. The summed E-state index contributed by atoms with van der Waals surface area (Å²) >= 11 is 6.31. The zero-order chi connectivity index (χ0) is 27.3. The molecule has 0 bridgehead atoms.